The number of aryl methyl sites for hydroxylation is 1. The Bertz CT molecular complexity index is 389. The quantitative estimate of drug-likeness (QED) is 0.305. The van der Waals surface area contributed by atoms with Gasteiger partial charge in [-0.1, -0.05) is 19.0 Å². The number of nitrogens with two attached hydrogens (primary N) is 1. The van der Waals surface area contributed by atoms with Gasteiger partial charge in [-0.25, -0.2) is 9.97 Å². The highest BCUT2D eigenvalue weighted by Crippen LogP contribution is 2.05. The summed E-state index contributed by atoms with van der Waals surface area (Å²) >= 11 is 0. The van der Waals surface area contributed by atoms with E-state index in [1.807, 2.05) is 6.92 Å². The second-order valence-corrected chi connectivity index (χ2v) is 3.98. The molecule has 0 saturated carbocycles. The highest BCUT2D eigenvalue weighted by molar-refractivity contribution is 5.95. The Morgan fingerprint density at radius 3 is 2.81 bits per heavy atom. The second kappa shape index (κ2) is 5.29. The zero-order chi connectivity index (χ0) is 12.1. The SMILES string of the molecule is Cc1cc(C(N)=NO)nc(NCC(C)C)n1. The minimum Gasteiger partial charge on any atom is -0.409 e. The molecule has 4 N–H and O–H groups in total. The molecule has 0 aliphatic rings. The number of amidine groups is 1. The van der Waals surface area contributed by atoms with E-state index in [0.717, 1.165) is 12.2 Å². The summed E-state index contributed by atoms with van der Waals surface area (Å²) in [6, 6.07) is 1.66. The molecule has 0 aliphatic heterocycles. The number of nitrogens with one attached hydrogen (secondary N) is 1. The van der Waals surface area contributed by atoms with E-state index in [9.17, 15) is 0 Å². The molecule has 6 heteroatoms. The third kappa shape index (κ3) is 3.38. The Morgan fingerprint density at radius 1 is 1.56 bits per heavy atom. The molecular weight excluding hydrogens is 206 g/mol. The van der Waals surface area contributed by atoms with E-state index >= 15 is 0 Å². The normalized spacial score (nSPS) is 11.9. The molecule has 0 bridgehead atoms. The molecule has 0 aliphatic carbocycles. The Labute approximate surface area is 94.6 Å². The Balaban J connectivity index is 2.90. The summed E-state index contributed by atoms with van der Waals surface area (Å²) in [5, 5.41) is 14.6. The molecular formula is C10H17N5O. The molecule has 1 aromatic heterocycles. The molecule has 0 aromatic carbocycles. The first-order chi connectivity index (χ1) is 7.52. The van der Waals surface area contributed by atoms with Gasteiger partial charge in [0.15, 0.2) is 5.84 Å². The number of oxime groups is 1. The van der Waals surface area contributed by atoms with Crippen molar-refractivity contribution in [2.45, 2.75) is 20.8 Å². The summed E-state index contributed by atoms with van der Waals surface area (Å²) < 4.78 is 0. The molecule has 0 unspecified atom stereocenters. The molecule has 0 spiro atoms. The van der Waals surface area contributed by atoms with Gasteiger partial charge in [-0.3, -0.25) is 0 Å². The summed E-state index contributed by atoms with van der Waals surface area (Å²) in [5.41, 5.74) is 6.65. The summed E-state index contributed by atoms with van der Waals surface area (Å²) in [4.78, 5) is 8.35. The standard InChI is InChI=1S/C10H17N5O/c1-6(2)5-12-10-13-7(3)4-8(14-10)9(11)15-16/h4,6,16H,5H2,1-3H3,(H2,11,15)(H,12,13,14). The average Bonchev–Trinajstić information content (AvgIpc) is 2.24. The van der Waals surface area contributed by atoms with Crippen LogP contribution in [0.25, 0.3) is 0 Å². The molecule has 0 radical (unpaired) electrons. The number of anilines is 1. The minimum absolute atomic E-state index is 0.0157. The predicted octanol–water partition coefficient (Wildman–Crippen LogP) is 0.947. The van der Waals surface area contributed by atoms with Crippen LogP contribution < -0.4 is 11.1 Å². The Hall–Kier alpha value is -1.85. The van der Waals surface area contributed by atoms with Crippen molar-refractivity contribution in [3.05, 3.63) is 17.5 Å². The van der Waals surface area contributed by atoms with Crippen LogP contribution in [0.5, 0.6) is 0 Å². The topological polar surface area (TPSA) is 96.4 Å². The summed E-state index contributed by atoms with van der Waals surface area (Å²) in [6.45, 7) is 6.79. The van der Waals surface area contributed by atoms with Crippen LogP contribution in [0.1, 0.15) is 25.2 Å². The lowest BCUT2D eigenvalue weighted by Crippen LogP contribution is -2.18. The maximum atomic E-state index is 8.57. The van der Waals surface area contributed by atoms with Crippen LogP contribution in [-0.2, 0) is 0 Å². The zero-order valence-electron chi connectivity index (χ0n) is 9.73. The summed E-state index contributed by atoms with van der Waals surface area (Å²) in [7, 11) is 0. The van der Waals surface area contributed by atoms with Crippen molar-refractivity contribution in [1.29, 1.82) is 0 Å². The molecule has 0 saturated heterocycles. The van der Waals surface area contributed by atoms with Crippen LogP contribution in [0.15, 0.2) is 11.2 Å². The van der Waals surface area contributed by atoms with E-state index in [2.05, 4.69) is 34.3 Å². The van der Waals surface area contributed by atoms with Crippen LogP contribution in [0, 0.1) is 12.8 Å². The maximum absolute atomic E-state index is 8.57. The van der Waals surface area contributed by atoms with Crippen molar-refractivity contribution in [1.82, 2.24) is 9.97 Å². The lowest BCUT2D eigenvalue weighted by molar-refractivity contribution is 0.318. The Morgan fingerprint density at radius 2 is 2.25 bits per heavy atom. The van der Waals surface area contributed by atoms with E-state index in [1.54, 1.807) is 6.07 Å². The lowest BCUT2D eigenvalue weighted by atomic mass is 10.2. The number of aromatic nitrogens is 2. The predicted molar refractivity (Wildman–Crippen MR) is 62.6 cm³/mol. The number of rotatable bonds is 4. The first-order valence-electron chi connectivity index (χ1n) is 5.10. The van der Waals surface area contributed by atoms with Gasteiger partial charge >= 0.3 is 0 Å². The van der Waals surface area contributed by atoms with Crippen molar-refractivity contribution < 1.29 is 5.21 Å². The number of nitrogens with zero attached hydrogens (tertiary/aromatic N) is 3. The van der Waals surface area contributed by atoms with Crippen molar-refractivity contribution in [2.75, 3.05) is 11.9 Å². The number of hydrogen-bond donors (Lipinski definition) is 3. The van der Waals surface area contributed by atoms with Crippen molar-refractivity contribution in [3.63, 3.8) is 0 Å². The van der Waals surface area contributed by atoms with Gasteiger partial charge < -0.3 is 16.3 Å². The van der Waals surface area contributed by atoms with Gasteiger partial charge in [-0.05, 0) is 18.9 Å². The van der Waals surface area contributed by atoms with E-state index in [0.29, 0.717) is 17.6 Å². The summed E-state index contributed by atoms with van der Waals surface area (Å²) in [5.74, 6) is 0.977. The van der Waals surface area contributed by atoms with Gasteiger partial charge in [-0.2, -0.15) is 0 Å². The van der Waals surface area contributed by atoms with Gasteiger partial charge in [0, 0.05) is 12.2 Å². The van der Waals surface area contributed by atoms with E-state index in [1.165, 1.54) is 0 Å². The summed E-state index contributed by atoms with van der Waals surface area (Å²) in [6.07, 6.45) is 0. The van der Waals surface area contributed by atoms with Crippen molar-refractivity contribution in [3.8, 4) is 0 Å². The van der Waals surface area contributed by atoms with Crippen molar-refractivity contribution in [2.24, 2.45) is 16.8 Å². The van der Waals surface area contributed by atoms with Gasteiger partial charge in [0.05, 0.1) is 0 Å². The third-order valence-electron chi connectivity index (χ3n) is 1.89. The van der Waals surface area contributed by atoms with Crippen LogP contribution in [0.3, 0.4) is 0 Å². The molecule has 6 nitrogen and oxygen atoms in total. The fraction of sp³-hybridized carbons (Fsp3) is 0.500. The minimum atomic E-state index is -0.0157. The van der Waals surface area contributed by atoms with Crippen LogP contribution in [-0.4, -0.2) is 27.6 Å². The molecule has 0 atom stereocenters. The molecule has 0 fully saturated rings. The van der Waals surface area contributed by atoms with E-state index in [-0.39, 0.29) is 5.84 Å². The van der Waals surface area contributed by atoms with Crippen molar-refractivity contribution >= 4 is 11.8 Å². The highest BCUT2D eigenvalue weighted by atomic mass is 16.4. The van der Waals surface area contributed by atoms with Gasteiger partial charge in [-0.15, -0.1) is 0 Å². The molecule has 1 rings (SSSR count). The van der Waals surface area contributed by atoms with E-state index in [4.69, 9.17) is 10.9 Å². The lowest BCUT2D eigenvalue weighted by Gasteiger charge is -2.09. The Kier molecular flexibility index (Phi) is 4.04. The fourth-order valence-electron chi connectivity index (χ4n) is 1.13. The first kappa shape index (κ1) is 12.2. The fourth-order valence-corrected chi connectivity index (χ4v) is 1.13. The second-order valence-electron chi connectivity index (χ2n) is 3.98. The average molecular weight is 223 g/mol. The molecule has 88 valence electrons. The molecule has 0 amide bonds. The largest absolute Gasteiger partial charge is 0.409 e. The van der Waals surface area contributed by atoms with Gasteiger partial charge in [0.1, 0.15) is 5.69 Å². The third-order valence-corrected chi connectivity index (χ3v) is 1.89. The van der Waals surface area contributed by atoms with Crippen LogP contribution in [0.2, 0.25) is 0 Å². The van der Waals surface area contributed by atoms with E-state index < -0.39 is 0 Å². The highest BCUT2D eigenvalue weighted by Gasteiger charge is 2.06. The van der Waals surface area contributed by atoms with Gasteiger partial charge in [0.2, 0.25) is 5.95 Å². The zero-order valence-corrected chi connectivity index (χ0v) is 9.73. The molecule has 16 heavy (non-hydrogen) atoms. The number of hydrogen-bond acceptors (Lipinski definition) is 5. The van der Waals surface area contributed by atoms with Crippen LogP contribution in [0.4, 0.5) is 5.95 Å². The molecule has 1 heterocycles. The molecule has 1 aromatic rings. The monoisotopic (exact) mass is 223 g/mol. The van der Waals surface area contributed by atoms with Gasteiger partial charge in [0.25, 0.3) is 0 Å². The van der Waals surface area contributed by atoms with Crippen LogP contribution >= 0.6 is 0 Å². The maximum Gasteiger partial charge on any atom is 0.223 e. The smallest absolute Gasteiger partial charge is 0.223 e. The first-order valence-corrected chi connectivity index (χ1v) is 5.10.